The minimum atomic E-state index is -4.56. The largest absolute Gasteiger partial charge is 0.481 e. The summed E-state index contributed by atoms with van der Waals surface area (Å²) in [5.74, 6) is 0.339. The van der Waals surface area contributed by atoms with Crippen LogP contribution in [0.4, 0.5) is 34.8 Å². The van der Waals surface area contributed by atoms with Crippen molar-refractivity contribution in [2.24, 2.45) is 4.99 Å². The summed E-state index contributed by atoms with van der Waals surface area (Å²) in [6.45, 7) is 3.73. The SMILES string of the molecule is C=NCCCC(F)N(c1ccc(OC)nc1)c1ncc(C(F)(F)F)cc1NC. The highest BCUT2D eigenvalue weighted by Gasteiger charge is 2.33. The molecule has 2 rings (SSSR count). The van der Waals surface area contributed by atoms with Gasteiger partial charge in [-0.05, 0) is 31.7 Å². The smallest absolute Gasteiger partial charge is 0.417 e. The van der Waals surface area contributed by atoms with E-state index in [1.54, 1.807) is 6.07 Å². The number of nitrogens with one attached hydrogen (secondary N) is 1. The van der Waals surface area contributed by atoms with Gasteiger partial charge in [0.05, 0.1) is 30.2 Å². The summed E-state index contributed by atoms with van der Waals surface area (Å²) in [6, 6.07) is 3.98. The van der Waals surface area contributed by atoms with Crippen LogP contribution in [0.15, 0.2) is 35.6 Å². The average molecular weight is 399 g/mol. The molecule has 1 atom stereocenters. The third-order valence-corrected chi connectivity index (χ3v) is 3.94. The Hall–Kier alpha value is -2.91. The zero-order valence-electron chi connectivity index (χ0n) is 15.5. The van der Waals surface area contributed by atoms with Crippen LogP contribution < -0.4 is 15.0 Å². The molecule has 10 heteroatoms. The second kappa shape index (κ2) is 9.34. The molecule has 0 bridgehead atoms. The molecule has 28 heavy (non-hydrogen) atoms. The molecular formula is C18H21F4N5O. The molecule has 0 aromatic carbocycles. The second-order valence-electron chi connectivity index (χ2n) is 5.80. The van der Waals surface area contributed by atoms with Crippen LogP contribution in [0.25, 0.3) is 0 Å². The second-order valence-corrected chi connectivity index (χ2v) is 5.80. The number of methoxy groups -OCH3 is 1. The first-order valence-corrected chi connectivity index (χ1v) is 8.42. The maximum atomic E-state index is 15.1. The Labute approximate surface area is 160 Å². The number of hydrogen-bond acceptors (Lipinski definition) is 6. The molecule has 6 nitrogen and oxygen atoms in total. The monoisotopic (exact) mass is 399 g/mol. The molecular weight excluding hydrogens is 378 g/mol. The number of aromatic nitrogens is 2. The van der Waals surface area contributed by atoms with E-state index in [4.69, 9.17) is 4.74 Å². The first-order chi connectivity index (χ1) is 13.3. The van der Waals surface area contributed by atoms with Crippen molar-refractivity contribution in [3.63, 3.8) is 0 Å². The highest BCUT2D eigenvalue weighted by atomic mass is 19.4. The number of halogens is 4. The number of pyridine rings is 2. The first kappa shape index (κ1) is 21.4. The molecule has 0 amide bonds. The van der Waals surface area contributed by atoms with Gasteiger partial charge in [0.2, 0.25) is 5.88 Å². The molecule has 2 aromatic heterocycles. The maximum Gasteiger partial charge on any atom is 0.417 e. The summed E-state index contributed by atoms with van der Waals surface area (Å²) in [7, 11) is 2.89. The summed E-state index contributed by atoms with van der Waals surface area (Å²) in [4.78, 5) is 12.8. The predicted molar refractivity (Wildman–Crippen MR) is 100 cm³/mol. The molecule has 2 aromatic rings. The molecule has 0 aliphatic heterocycles. The third kappa shape index (κ3) is 5.08. The Morgan fingerprint density at radius 3 is 2.57 bits per heavy atom. The van der Waals surface area contributed by atoms with Crippen LogP contribution in [0.2, 0.25) is 0 Å². The number of aliphatic imine (C=N–C) groups is 1. The zero-order valence-corrected chi connectivity index (χ0v) is 15.5. The van der Waals surface area contributed by atoms with Gasteiger partial charge in [0, 0.05) is 25.9 Å². The van der Waals surface area contributed by atoms with Gasteiger partial charge in [-0.25, -0.2) is 14.4 Å². The number of hydrogen-bond donors (Lipinski definition) is 1. The van der Waals surface area contributed by atoms with Crippen LogP contribution in [0.5, 0.6) is 5.88 Å². The number of nitrogens with zero attached hydrogens (tertiary/aromatic N) is 4. The van der Waals surface area contributed by atoms with Gasteiger partial charge in [-0.1, -0.05) is 0 Å². The van der Waals surface area contributed by atoms with Crippen molar-refractivity contribution in [2.75, 3.05) is 30.9 Å². The van der Waals surface area contributed by atoms with Crippen LogP contribution >= 0.6 is 0 Å². The topological polar surface area (TPSA) is 62.6 Å². The van der Waals surface area contributed by atoms with E-state index in [1.807, 2.05) is 0 Å². The number of rotatable bonds is 9. The number of alkyl halides is 4. The highest BCUT2D eigenvalue weighted by Crippen LogP contribution is 2.37. The molecule has 0 fully saturated rings. The molecule has 0 saturated heterocycles. The lowest BCUT2D eigenvalue weighted by molar-refractivity contribution is -0.137. The molecule has 0 radical (unpaired) electrons. The molecule has 1 N–H and O–H groups in total. The van der Waals surface area contributed by atoms with E-state index in [9.17, 15) is 13.2 Å². The fourth-order valence-corrected chi connectivity index (χ4v) is 2.54. The fraction of sp³-hybridized carbons (Fsp3) is 0.389. The van der Waals surface area contributed by atoms with Crippen molar-refractivity contribution in [3.05, 3.63) is 36.2 Å². The van der Waals surface area contributed by atoms with Crippen LogP contribution in [0.1, 0.15) is 18.4 Å². The fourth-order valence-electron chi connectivity index (χ4n) is 2.54. The molecule has 1 unspecified atom stereocenters. The van der Waals surface area contributed by atoms with Gasteiger partial charge in [-0.3, -0.25) is 4.90 Å². The van der Waals surface area contributed by atoms with Crippen LogP contribution in [0, 0.1) is 0 Å². The van der Waals surface area contributed by atoms with Gasteiger partial charge in [-0.15, -0.1) is 0 Å². The molecule has 0 aliphatic rings. The van der Waals surface area contributed by atoms with E-state index in [-0.39, 0.29) is 17.9 Å². The molecule has 0 spiro atoms. The van der Waals surface area contributed by atoms with Gasteiger partial charge in [0.15, 0.2) is 12.1 Å². The Kier molecular flexibility index (Phi) is 7.13. The Morgan fingerprint density at radius 1 is 1.29 bits per heavy atom. The van der Waals surface area contributed by atoms with E-state index >= 15 is 4.39 Å². The Morgan fingerprint density at radius 2 is 2.04 bits per heavy atom. The van der Waals surface area contributed by atoms with Crippen LogP contribution in [-0.2, 0) is 6.18 Å². The van der Waals surface area contributed by atoms with E-state index < -0.39 is 18.0 Å². The standard InChI is InChI=1S/C18H21F4N5O/c1-23-8-4-5-15(19)27(13-6-7-16(28-3)25-11-13)17-14(24-2)9-12(10-26-17)18(20,21)22/h6-7,9-11,15,24H,1,4-5,8H2,2-3H3. The van der Waals surface area contributed by atoms with Crippen molar-refractivity contribution >= 4 is 23.9 Å². The van der Waals surface area contributed by atoms with Gasteiger partial charge in [0.1, 0.15) is 0 Å². The summed E-state index contributed by atoms with van der Waals surface area (Å²) in [5.41, 5.74) is -0.571. The van der Waals surface area contributed by atoms with Crippen molar-refractivity contribution < 1.29 is 22.3 Å². The minimum Gasteiger partial charge on any atom is -0.481 e. The van der Waals surface area contributed by atoms with Gasteiger partial charge >= 0.3 is 6.18 Å². The summed E-state index contributed by atoms with van der Waals surface area (Å²) in [5, 5.41) is 2.66. The van der Waals surface area contributed by atoms with Gasteiger partial charge < -0.3 is 15.0 Å². The maximum absolute atomic E-state index is 15.1. The van der Waals surface area contributed by atoms with Gasteiger partial charge in [0.25, 0.3) is 0 Å². The van der Waals surface area contributed by atoms with E-state index in [1.165, 1.54) is 31.3 Å². The predicted octanol–water partition coefficient (Wildman–Crippen LogP) is 4.46. The first-order valence-electron chi connectivity index (χ1n) is 8.42. The Bertz CT molecular complexity index is 783. The number of ether oxygens (including phenoxy) is 1. The lowest BCUT2D eigenvalue weighted by Gasteiger charge is -2.29. The molecule has 152 valence electrons. The highest BCUT2D eigenvalue weighted by molar-refractivity contribution is 5.73. The molecule has 2 heterocycles. The molecule has 0 aliphatic carbocycles. The van der Waals surface area contributed by atoms with Crippen molar-refractivity contribution in [1.29, 1.82) is 0 Å². The summed E-state index contributed by atoms with van der Waals surface area (Å²) in [6.07, 6.45) is -3.58. The summed E-state index contributed by atoms with van der Waals surface area (Å²) >= 11 is 0. The van der Waals surface area contributed by atoms with Crippen molar-refractivity contribution in [2.45, 2.75) is 25.3 Å². The average Bonchev–Trinajstić information content (AvgIpc) is 2.68. The zero-order chi connectivity index (χ0) is 20.7. The van der Waals surface area contributed by atoms with Crippen molar-refractivity contribution in [3.8, 4) is 5.88 Å². The summed E-state index contributed by atoms with van der Waals surface area (Å²) < 4.78 is 59.1. The van der Waals surface area contributed by atoms with Crippen LogP contribution in [0.3, 0.4) is 0 Å². The minimum absolute atomic E-state index is 0.0153. The van der Waals surface area contributed by atoms with Crippen molar-refractivity contribution in [1.82, 2.24) is 9.97 Å². The van der Waals surface area contributed by atoms with Crippen LogP contribution in [-0.4, -0.2) is 43.7 Å². The van der Waals surface area contributed by atoms with E-state index in [0.717, 1.165) is 6.07 Å². The number of anilines is 3. The normalized spacial score (nSPS) is 12.4. The lowest BCUT2D eigenvalue weighted by atomic mass is 10.2. The molecule has 0 saturated carbocycles. The van der Waals surface area contributed by atoms with Gasteiger partial charge in [-0.2, -0.15) is 13.2 Å². The lowest BCUT2D eigenvalue weighted by Crippen LogP contribution is -2.29. The van der Waals surface area contributed by atoms with E-state index in [0.29, 0.717) is 30.7 Å². The van der Waals surface area contributed by atoms with E-state index in [2.05, 4.69) is 27.0 Å². The Balaban J connectivity index is 2.49. The quantitative estimate of drug-likeness (QED) is 0.292. The third-order valence-electron chi connectivity index (χ3n) is 3.94.